The maximum Gasteiger partial charge on any atom is 0.245 e. The van der Waals surface area contributed by atoms with E-state index in [2.05, 4.69) is 15.0 Å². The third-order valence-corrected chi connectivity index (χ3v) is 3.18. The van der Waals surface area contributed by atoms with Gasteiger partial charge < -0.3 is 4.74 Å². The summed E-state index contributed by atoms with van der Waals surface area (Å²) >= 11 is 5.86. The average molecular weight is 311 g/mol. The van der Waals surface area contributed by atoms with Crippen molar-refractivity contribution in [3.05, 3.63) is 42.0 Å². The monoisotopic (exact) mass is 310 g/mol. The molecule has 3 aromatic rings. The lowest BCUT2D eigenvalue weighted by Crippen LogP contribution is -2.03. The lowest BCUT2D eigenvalue weighted by molar-refractivity contribution is 0.401. The van der Waals surface area contributed by atoms with E-state index in [1.807, 2.05) is 0 Å². The van der Waals surface area contributed by atoms with Crippen LogP contribution in [0, 0.1) is 11.6 Å². The van der Waals surface area contributed by atoms with Gasteiger partial charge in [-0.2, -0.15) is 4.98 Å². The van der Waals surface area contributed by atoms with E-state index >= 15 is 0 Å². The predicted octanol–water partition coefficient (Wildman–Crippen LogP) is 2.84. The Labute approximate surface area is 123 Å². The third kappa shape index (κ3) is 2.19. The van der Waals surface area contributed by atoms with Gasteiger partial charge in [0.05, 0.1) is 18.7 Å². The Bertz CT molecular complexity index is 821. The fraction of sp³-hybridized carbons (Fsp3) is 0.154. The molecule has 0 aliphatic heterocycles. The molecule has 0 fully saturated rings. The molecule has 0 saturated heterocycles. The van der Waals surface area contributed by atoms with Gasteiger partial charge in [-0.25, -0.2) is 18.7 Å². The quantitative estimate of drug-likeness (QED) is 0.698. The van der Waals surface area contributed by atoms with Crippen molar-refractivity contribution in [3.8, 4) is 11.6 Å². The summed E-state index contributed by atoms with van der Waals surface area (Å²) in [5.74, 6) is -0.766. The summed E-state index contributed by atoms with van der Waals surface area (Å²) in [5, 5.41) is 0. The maximum absolute atomic E-state index is 14.0. The minimum atomic E-state index is -0.738. The number of alkyl halides is 1. The summed E-state index contributed by atoms with van der Waals surface area (Å²) in [6, 6.07) is 3.24. The van der Waals surface area contributed by atoms with E-state index in [1.54, 1.807) is 0 Å². The molecule has 0 spiro atoms. The highest BCUT2D eigenvalue weighted by Crippen LogP contribution is 2.27. The third-order valence-electron chi connectivity index (χ3n) is 2.94. The highest BCUT2D eigenvalue weighted by molar-refractivity contribution is 6.17. The van der Waals surface area contributed by atoms with Crippen molar-refractivity contribution < 1.29 is 13.5 Å². The van der Waals surface area contributed by atoms with Gasteiger partial charge in [0.25, 0.3) is 0 Å². The van der Waals surface area contributed by atoms with Crippen LogP contribution in [0.3, 0.4) is 0 Å². The fourth-order valence-corrected chi connectivity index (χ4v) is 2.25. The van der Waals surface area contributed by atoms with Gasteiger partial charge in [0.15, 0.2) is 11.2 Å². The lowest BCUT2D eigenvalue weighted by Gasteiger charge is -2.08. The lowest BCUT2D eigenvalue weighted by atomic mass is 10.3. The number of halogens is 3. The van der Waals surface area contributed by atoms with Crippen LogP contribution in [-0.4, -0.2) is 26.6 Å². The van der Waals surface area contributed by atoms with Gasteiger partial charge in [-0.15, -0.1) is 11.6 Å². The molecule has 8 heteroatoms. The zero-order chi connectivity index (χ0) is 15.0. The van der Waals surface area contributed by atoms with Gasteiger partial charge in [-0.05, 0) is 12.1 Å². The second-order valence-corrected chi connectivity index (χ2v) is 4.42. The van der Waals surface area contributed by atoms with Crippen LogP contribution in [0.2, 0.25) is 0 Å². The minimum absolute atomic E-state index is 0.0241. The van der Waals surface area contributed by atoms with E-state index in [9.17, 15) is 8.78 Å². The molecule has 0 atom stereocenters. The molecule has 2 aromatic heterocycles. The number of rotatable bonds is 3. The SMILES string of the molecule is COc1ncnc2c1nc(CCl)n2-c1ccc(F)cc1F. The second kappa shape index (κ2) is 5.25. The highest BCUT2D eigenvalue weighted by Gasteiger charge is 2.19. The normalized spacial score (nSPS) is 11.0. The Hall–Kier alpha value is -2.28. The molecule has 0 saturated carbocycles. The topological polar surface area (TPSA) is 52.8 Å². The van der Waals surface area contributed by atoms with E-state index in [0.29, 0.717) is 17.0 Å². The Balaban J connectivity index is 2.35. The summed E-state index contributed by atoms with van der Waals surface area (Å²) in [6.45, 7) is 0. The Morgan fingerprint density at radius 1 is 1.29 bits per heavy atom. The molecule has 0 unspecified atom stereocenters. The van der Waals surface area contributed by atoms with Crippen LogP contribution in [0.25, 0.3) is 16.9 Å². The molecule has 108 valence electrons. The number of aromatic nitrogens is 4. The van der Waals surface area contributed by atoms with E-state index in [0.717, 1.165) is 12.1 Å². The summed E-state index contributed by atoms with van der Waals surface area (Å²) in [5.41, 5.74) is 0.803. The first kappa shape index (κ1) is 13.7. The summed E-state index contributed by atoms with van der Waals surface area (Å²) in [6.07, 6.45) is 1.28. The molecule has 3 rings (SSSR count). The van der Waals surface area contributed by atoms with Gasteiger partial charge in [0.2, 0.25) is 5.88 Å². The van der Waals surface area contributed by atoms with E-state index < -0.39 is 11.6 Å². The van der Waals surface area contributed by atoms with Gasteiger partial charge >= 0.3 is 0 Å². The molecule has 0 aliphatic carbocycles. The zero-order valence-electron chi connectivity index (χ0n) is 10.8. The van der Waals surface area contributed by atoms with Crippen LogP contribution in [-0.2, 0) is 5.88 Å². The predicted molar refractivity (Wildman–Crippen MR) is 72.7 cm³/mol. The fourth-order valence-electron chi connectivity index (χ4n) is 2.07. The van der Waals surface area contributed by atoms with Crippen LogP contribution in [0.4, 0.5) is 8.78 Å². The Morgan fingerprint density at radius 2 is 2.10 bits per heavy atom. The largest absolute Gasteiger partial charge is 0.479 e. The number of ether oxygens (including phenoxy) is 1. The molecule has 5 nitrogen and oxygen atoms in total. The second-order valence-electron chi connectivity index (χ2n) is 4.15. The summed E-state index contributed by atoms with van der Waals surface area (Å²) in [4.78, 5) is 12.3. The van der Waals surface area contributed by atoms with E-state index in [1.165, 1.54) is 24.1 Å². The standard InChI is InChI=1S/C13H9ClF2N4O/c1-21-13-11-12(17-6-18-13)20(10(5-14)19-11)9-3-2-7(15)4-8(9)16/h2-4,6H,5H2,1H3. The van der Waals surface area contributed by atoms with E-state index in [4.69, 9.17) is 16.3 Å². The Kier molecular flexibility index (Phi) is 3.42. The molecule has 0 bridgehead atoms. The number of imidazole rings is 1. The van der Waals surface area contributed by atoms with Crippen molar-refractivity contribution in [1.29, 1.82) is 0 Å². The summed E-state index contributed by atoms with van der Waals surface area (Å²) < 4.78 is 33.6. The first-order valence-electron chi connectivity index (χ1n) is 5.93. The molecule has 0 N–H and O–H groups in total. The van der Waals surface area contributed by atoms with Gasteiger partial charge in [0, 0.05) is 6.07 Å². The number of methoxy groups -OCH3 is 1. The van der Waals surface area contributed by atoms with Gasteiger partial charge in [-0.3, -0.25) is 4.57 Å². The van der Waals surface area contributed by atoms with Crippen LogP contribution < -0.4 is 4.74 Å². The number of hydrogen-bond acceptors (Lipinski definition) is 4. The minimum Gasteiger partial charge on any atom is -0.479 e. The number of hydrogen-bond donors (Lipinski definition) is 0. The first-order valence-corrected chi connectivity index (χ1v) is 6.47. The van der Waals surface area contributed by atoms with E-state index in [-0.39, 0.29) is 17.4 Å². The van der Waals surface area contributed by atoms with Crippen molar-refractivity contribution in [2.24, 2.45) is 0 Å². The van der Waals surface area contributed by atoms with Crippen molar-refractivity contribution >= 4 is 22.8 Å². The van der Waals surface area contributed by atoms with Crippen LogP contribution >= 0.6 is 11.6 Å². The maximum atomic E-state index is 14.0. The Morgan fingerprint density at radius 3 is 2.76 bits per heavy atom. The molecule has 0 aliphatic rings. The number of nitrogens with zero attached hydrogens (tertiary/aromatic N) is 4. The smallest absolute Gasteiger partial charge is 0.245 e. The van der Waals surface area contributed by atoms with Gasteiger partial charge in [0.1, 0.15) is 23.8 Å². The van der Waals surface area contributed by atoms with Crippen molar-refractivity contribution in [2.75, 3.05) is 7.11 Å². The van der Waals surface area contributed by atoms with Crippen molar-refractivity contribution in [1.82, 2.24) is 19.5 Å². The number of benzene rings is 1. The highest BCUT2D eigenvalue weighted by atomic mass is 35.5. The molecule has 21 heavy (non-hydrogen) atoms. The first-order chi connectivity index (χ1) is 10.2. The zero-order valence-corrected chi connectivity index (χ0v) is 11.6. The van der Waals surface area contributed by atoms with Crippen molar-refractivity contribution in [3.63, 3.8) is 0 Å². The van der Waals surface area contributed by atoms with Crippen LogP contribution in [0.1, 0.15) is 5.82 Å². The summed E-state index contributed by atoms with van der Waals surface area (Å²) in [7, 11) is 1.44. The van der Waals surface area contributed by atoms with Crippen LogP contribution in [0.5, 0.6) is 5.88 Å². The number of fused-ring (bicyclic) bond motifs is 1. The molecule has 2 heterocycles. The molecule has 1 aromatic carbocycles. The molecular formula is C13H9ClF2N4O. The molecule has 0 amide bonds. The average Bonchev–Trinajstić information content (AvgIpc) is 2.85. The molecular weight excluding hydrogens is 302 g/mol. The van der Waals surface area contributed by atoms with Gasteiger partial charge in [-0.1, -0.05) is 0 Å². The van der Waals surface area contributed by atoms with Crippen molar-refractivity contribution in [2.45, 2.75) is 5.88 Å². The molecule has 0 radical (unpaired) electrons. The van der Waals surface area contributed by atoms with Crippen LogP contribution in [0.15, 0.2) is 24.5 Å².